The fourth-order valence-corrected chi connectivity index (χ4v) is 2.66. The summed E-state index contributed by atoms with van der Waals surface area (Å²) >= 11 is 5.40. The Bertz CT molecular complexity index is 504. The largest absolute Gasteiger partial charge is 0.497 e. The quantitative estimate of drug-likeness (QED) is 0.820. The molecule has 0 unspecified atom stereocenters. The first kappa shape index (κ1) is 15.6. The first-order valence-electron chi connectivity index (χ1n) is 7.05. The summed E-state index contributed by atoms with van der Waals surface area (Å²) in [6, 6.07) is 7.84. The fraction of sp³-hybridized carbons (Fsp3) is 0.467. The molecule has 1 saturated heterocycles. The number of hydrogen-bond acceptors (Lipinski definition) is 3. The van der Waals surface area contributed by atoms with Crippen molar-refractivity contribution in [3.05, 3.63) is 29.8 Å². The summed E-state index contributed by atoms with van der Waals surface area (Å²) in [6.45, 7) is 2.14. The van der Waals surface area contributed by atoms with Gasteiger partial charge in [0.25, 0.3) is 0 Å². The van der Waals surface area contributed by atoms with Gasteiger partial charge in [0, 0.05) is 19.6 Å². The number of primary amides is 1. The average molecular weight is 307 g/mol. The molecule has 5 nitrogen and oxygen atoms in total. The minimum absolute atomic E-state index is 0.0977. The molecule has 0 saturated carbocycles. The summed E-state index contributed by atoms with van der Waals surface area (Å²) in [5.74, 6) is 0.499. The van der Waals surface area contributed by atoms with Crippen molar-refractivity contribution in [2.24, 2.45) is 11.7 Å². The third-order valence-electron chi connectivity index (χ3n) is 3.71. The number of nitrogens with zero attached hydrogens (tertiary/aromatic N) is 1. The van der Waals surface area contributed by atoms with Crippen LogP contribution in [0.5, 0.6) is 5.75 Å². The number of rotatable bonds is 4. The van der Waals surface area contributed by atoms with Gasteiger partial charge in [0.1, 0.15) is 5.75 Å². The molecule has 3 N–H and O–H groups in total. The number of benzene rings is 1. The SMILES string of the molecule is COc1ccc(CNC(=S)N2CCC[C@@H](C(N)=O)C2)cc1. The fourth-order valence-electron chi connectivity index (χ4n) is 2.43. The molecule has 0 aliphatic carbocycles. The van der Waals surface area contributed by atoms with Crippen molar-refractivity contribution in [3.63, 3.8) is 0 Å². The zero-order valence-electron chi connectivity index (χ0n) is 12.2. The van der Waals surface area contributed by atoms with Crippen molar-refractivity contribution in [2.45, 2.75) is 19.4 Å². The van der Waals surface area contributed by atoms with E-state index in [0.717, 1.165) is 30.7 Å². The van der Waals surface area contributed by atoms with Crippen LogP contribution in [-0.4, -0.2) is 36.1 Å². The van der Waals surface area contributed by atoms with Crippen LogP contribution in [0.4, 0.5) is 0 Å². The van der Waals surface area contributed by atoms with Crippen molar-refractivity contribution in [1.29, 1.82) is 0 Å². The van der Waals surface area contributed by atoms with E-state index in [1.54, 1.807) is 7.11 Å². The van der Waals surface area contributed by atoms with Crippen molar-refractivity contribution in [1.82, 2.24) is 10.2 Å². The predicted octanol–water partition coefficient (Wildman–Crippen LogP) is 1.27. The van der Waals surface area contributed by atoms with E-state index in [-0.39, 0.29) is 11.8 Å². The highest BCUT2D eigenvalue weighted by Gasteiger charge is 2.25. The topological polar surface area (TPSA) is 67.6 Å². The Morgan fingerprint density at radius 3 is 2.81 bits per heavy atom. The highest BCUT2D eigenvalue weighted by molar-refractivity contribution is 7.80. The van der Waals surface area contributed by atoms with Crippen LogP contribution in [0.15, 0.2) is 24.3 Å². The molecule has 1 fully saturated rings. The number of amides is 1. The lowest BCUT2D eigenvalue weighted by molar-refractivity contribution is -0.122. The van der Waals surface area contributed by atoms with E-state index in [1.807, 2.05) is 29.2 Å². The average Bonchev–Trinajstić information content (AvgIpc) is 2.53. The minimum atomic E-state index is -0.238. The minimum Gasteiger partial charge on any atom is -0.497 e. The van der Waals surface area contributed by atoms with Crippen molar-refractivity contribution < 1.29 is 9.53 Å². The number of carbonyl (C=O) groups is 1. The smallest absolute Gasteiger partial charge is 0.222 e. The molecule has 0 bridgehead atoms. The summed E-state index contributed by atoms with van der Waals surface area (Å²) in [7, 11) is 1.65. The molecule has 1 amide bonds. The second-order valence-corrected chi connectivity index (χ2v) is 5.58. The van der Waals surface area contributed by atoms with Gasteiger partial charge in [0.15, 0.2) is 5.11 Å². The van der Waals surface area contributed by atoms with Crippen LogP contribution in [0.1, 0.15) is 18.4 Å². The van der Waals surface area contributed by atoms with Gasteiger partial charge in [-0.15, -0.1) is 0 Å². The maximum Gasteiger partial charge on any atom is 0.222 e. The summed E-state index contributed by atoms with van der Waals surface area (Å²) in [4.78, 5) is 13.3. The molecule has 0 aromatic heterocycles. The number of hydrogen-bond donors (Lipinski definition) is 2. The van der Waals surface area contributed by atoms with E-state index >= 15 is 0 Å². The van der Waals surface area contributed by atoms with Crippen LogP contribution in [-0.2, 0) is 11.3 Å². The van der Waals surface area contributed by atoms with Crippen molar-refractivity contribution in [2.75, 3.05) is 20.2 Å². The maximum absolute atomic E-state index is 11.3. The molecule has 6 heteroatoms. The number of carbonyl (C=O) groups excluding carboxylic acids is 1. The van der Waals surface area contributed by atoms with Crippen LogP contribution in [0.25, 0.3) is 0 Å². The highest BCUT2D eigenvalue weighted by atomic mass is 32.1. The van der Waals surface area contributed by atoms with Gasteiger partial charge >= 0.3 is 0 Å². The van der Waals surface area contributed by atoms with E-state index < -0.39 is 0 Å². The summed E-state index contributed by atoms with van der Waals surface area (Å²) in [5.41, 5.74) is 6.51. The Morgan fingerprint density at radius 1 is 1.48 bits per heavy atom. The monoisotopic (exact) mass is 307 g/mol. The van der Waals surface area contributed by atoms with E-state index in [1.165, 1.54) is 0 Å². The molecule has 1 aliphatic rings. The maximum atomic E-state index is 11.3. The summed E-state index contributed by atoms with van der Waals surface area (Å²) < 4.78 is 5.13. The molecule has 1 aliphatic heterocycles. The van der Waals surface area contributed by atoms with Gasteiger partial charge in [0.2, 0.25) is 5.91 Å². The van der Waals surface area contributed by atoms with Gasteiger partial charge in [-0.05, 0) is 42.8 Å². The summed E-state index contributed by atoms with van der Waals surface area (Å²) in [5, 5.41) is 3.91. The third kappa shape index (κ3) is 4.32. The number of methoxy groups -OCH3 is 1. The number of nitrogens with one attached hydrogen (secondary N) is 1. The molecule has 0 spiro atoms. The Morgan fingerprint density at radius 2 is 2.19 bits per heavy atom. The standard InChI is InChI=1S/C15H21N3O2S/c1-20-13-6-4-11(5-7-13)9-17-15(21)18-8-2-3-12(10-18)14(16)19/h4-7,12H,2-3,8-10H2,1H3,(H2,16,19)(H,17,21)/t12-/m1/s1. The van der Waals surface area contributed by atoms with E-state index in [9.17, 15) is 4.79 Å². The van der Waals surface area contributed by atoms with E-state index in [2.05, 4.69) is 5.32 Å². The summed E-state index contributed by atoms with van der Waals surface area (Å²) in [6.07, 6.45) is 1.80. The number of thiocarbonyl (C=S) groups is 1. The van der Waals surface area contributed by atoms with Gasteiger partial charge in [-0.25, -0.2) is 0 Å². The second-order valence-electron chi connectivity index (χ2n) is 5.19. The van der Waals surface area contributed by atoms with E-state index in [0.29, 0.717) is 18.2 Å². The van der Waals surface area contributed by atoms with Crippen LogP contribution in [0.2, 0.25) is 0 Å². The first-order chi connectivity index (χ1) is 10.1. The zero-order valence-corrected chi connectivity index (χ0v) is 13.0. The van der Waals surface area contributed by atoms with Crippen molar-refractivity contribution >= 4 is 23.2 Å². The highest BCUT2D eigenvalue weighted by Crippen LogP contribution is 2.16. The molecular formula is C15H21N3O2S. The normalized spacial score (nSPS) is 18.1. The van der Waals surface area contributed by atoms with Crippen LogP contribution in [0.3, 0.4) is 0 Å². The number of nitrogens with two attached hydrogens (primary N) is 1. The lowest BCUT2D eigenvalue weighted by Gasteiger charge is -2.33. The molecule has 114 valence electrons. The van der Waals surface area contributed by atoms with Crippen molar-refractivity contribution in [3.8, 4) is 5.75 Å². The van der Waals surface area contributed by atoms with Crippen LogP contribution in [0, 0.1) is 5.92 Å². The van der Waals surface area contributed by atoms with Gasteiger partial charge in [0.05, 0.1) is 13.0 Å². The zero-order chi connectivity index (χ0) is 15.2. The second kappa shape index (κ2) is 7.26. The van der Waals surface area contributed by atoms with Gasteiger partial charge in [-0.1, -0.05) is 12.1 Å². The Hall–Kier alpha value is -1.82. The molecule has 1 atom stereocenters. The third-order valence-corrected chi connectivity index (χ3v) is 4.12. The van der Waals surface area contributed by atoms with Gasteiger partial charge in [-0.2, -0.15) is 0 Å². The predicted molar refractivity (Wildman–Crippen MR) is 85.9 cm³/mol. The Labute approximate surface area is 130 Å². The van der Waals surface area contributed by atoms with Gasteiger partial charge in [-0.3, -0.25) is 4.79 Å². The number of ether oxygens (including phenoxy) is 1. The lowest BCUT2D eigenvalue weighted by Crippen LogP contribution is -2.47. The van der Waals surface area contributed by atoms with E-state index in [4.69, 9.17) is 22.7 Å². The molecule has 1 aromatic rings. The molecule has 1 aromatic carbocycles. The molecule has 2 rings (SSSR count). The molecule has 1 heterocycles. The molecular weight excluding hydrogens is 286 g/mol. The Kier molecular flexibility index (Phi) is 5.38. The molecule has 21 heavy (non-hydrogen) atoms. The first-order valence-corrected chi connectivity index (χ1v) is 7.46. The Balaban J connectivity index is 1.84. The van der Waals surface area contributed by atoms with Crippen LogP contribution >= 0.6 is 12.2 Å². The number of likely N-dealkylation sites (tertiary alicyclic amines) is 1. The van der Waals surface area contributed by atoms with Gasteiger partial charge < -0.3 is 20.7 Å². The van der Waals surface area contributed by atoms with Crippen LogP contribution < -0.4 is 15.8 Å². The number of piperidine rings is 1. The lowest BCUT2D eigenvalue weighted by atomic mass is 9.98. The molecule has 0 radical (unpaired) electrons.